The molecule has 2 heterocycles. The number of nitrogens with one attached hydrogen (secondary N) is 2. The monoisotopic (exact) mass is 340 g/mol. The molecule has 3 rings (SSSR count). The lowest BCUT2D eigenvalue weighted by Crippen LogP contribution is -2.31. The Hall–Kier alpha value is -2.63. The Morgan fingerprint density at radius 1 is 1.28 bits per heavy atom. The highest BCUT2D eigenvalue weighted by molar-refractivity contribution is 5.80. The van der Waals surface area contributed by atoms with Gasteiger partial charge in [0, 0.05) is 5.56 Å². The third-order valence-electron chi connectivity index (χ3n) is 4.30. The topological polar surface area (TPSA) is 83.8 Å². The zero-order valence-corrected chi connectivity index (χ0v) is 15.1. The van der Waals surface area contributed by atoms with Crippen LogP contribution in [0.25, 0.3) is 11.0 Å². The molecule has 6 nitrogen and oxygen atoms in total. The molecule has 0 spiro atoms. The Morgan fingerprint density at radius 3 is 2.68 bits per heavy atom. The summed E-state index contributed by atoms with van der Waals surface area (Å²) in [6, 6.07) is 7.73. The molecule has 0 aliphatic carbocycles. The summed E-state index contributed by atoms with van der Waals surface area (Å²) in [5.41, 5.74) is 3.50. The first kappa shape index (κ1) is 17.2. The fourth-order valence-corrected chi connectivity index (χ4v) is 3.01. The van der Waals surface area contributed by atoms with Crippen molar-refractivity contribution < 1.29 is 9.32 Å². The molecule has 0 fully saturated rings. The number of aromatic amines is 1. The Kier molecular flexibility index (Phi) is 4.88. The smallest absolute Gasteiger partial charge is 0.225 e. The molecular weight excluding hydrogens is 316 g/mol. The number of hydrogen-bond donors (Lipinski definition) is 2. The van der Waals surface area contributed by atoms with Gasteiger partial charge >= 0.3 is 0 Å². The number of benzene rings is 1. The second kappa shape index (κ2) is 7.09. The molecule has 0 aliphatic heterocycles. The van der Waals surface area contributed by atoms with Crippen LogP contribution in [0.5, 0.6) is 0 Å². The molecule has 0 aliphatic rings. The summed E-state index contributed by atoms with van der Waals surface area (Å²) in [6.45, 7) is 7.95. The summed E-state index contributed by atoms with van der Waals surface area (Å²) >= 11 is 0. The minimum Gasteiger partial charge on any atom is -0.361 e. The highest BCUT2D eigenvalue weighted by Crippen LogP contribution is 2.22. The molecular formula is C19H24N4O2. The van der Waals surface area contributed by atoms with Crippen molar-refractivity contribution in [3.63, 3.8) is 0 Å². The first-order valence-corrected chi connectivity index (χ1v) is 8.59. The minimum atomic E-state index is -0.152. The Morgan fingerprint density at radius 2 is 2.04 bits per heavy atom. The van der Waals surface area contributed by atoms with Crippen molar-refractivity contribution in [3.05, 3.63) is 47.1 Å². The van der Waals surface area contributed by atoms with Crippen LogP contribution in [-0.2, 0) is 11.2 Å². The number of aromatic nitrogens is 3. The number of H-pyrrole nitrogens is 1. The van der Waals surface area contributed by atoms with E-state index in [1.165, 1.54) is 0 Å². The van der Waals surface area contributed by atoms with Gasteiger partial charge in [0.05, 0.1) is 29.2 Å². The summed E-state index contributed by atoms with van der Waals surface area (Å²) in [5.74, 6) is 1.86. The fourth-order valence-electron chi connectivity index (χ4n) is 3.01. The summed E-state index contributed by atoms with van der Waals surface area (Å²) in [4.78, 5) is 20.6. The first-order valence-electron chi connectivity index (χ1n) is 8.59. The van der Waals surface area contributed by atoms with Gasteiger partial charge in [0.2, 0.25) is 5.91 Å². The van der Waals surface area contributed by atoms with E-state index in [4.69, 9.17) is 4.52 Å². The molecule has 1 aromatic carbocycles. The molecule has 1 amide bonds. The van der Waals surface area contributed by atoms with Crippen molar-refractivity contribution in [3.8, 4) is 0 Å². The van der Waals surface area contributed by atoms with E-state index >= 15 is 0 Å². The molecule has 3 aromatic rings. The SMILES string of the molecule is Cc1noc(C)c1CC(=O)NC(CC(C)C)c1nc2ccccc2[nH]1. The Bertz CT molecular complexity index is 826. The quantitative estimate of drug-likeness (QED) is 0.718. The molecule has 0 bridgehead atoms. The van der Waals surface area contributed by atoms with Crippen LogP contribution in [0.3, 0.4) is 0 Å². The van der Waals surface area contributed by atoms with E-state index in [0.29, 0.717) is 11.7 Å². The molecule has 2 N–H and O–H groups in total. The molecule has 25 heavy (non-hydrogen) atoms. The average Bonchev–Trinajstić information content (AvgIpc) is 3.12. The molecule has 1 unspecified atom stereocenters. The third-order valence-corrected chi connectivity index (χ3v) is 4.30. The molecule has 0 saturated heterocycles. The summed E-state index contributed by atoms with van der Waals surface area (Å²) in [5, 5.41) is 7.03. The number of carbonyl (C=O) groups is 1. The summed E-state index contributed by atoms with van der Waals surface area (Å²) in [7, 11) is 0. The van der Waals surface area contributed by atoms with E-state index < -0.39 is 0 Å². The predicted octanol–water partition coefficient (Wildman–Crippen LogP) is 3.61. The van der Waals surface area contributed by atoms with Crippen molar-refractivity contribution >= 4 is 16.9 Å². The van der Waals surface area contributed by atoms with Gasteiger partial charge in [0.1, 0.15) is 11.6 Å². The van der Waals surface area contributed by atoms with Crippen molar-refractivity contribution in [1.82, 2.24) is 20.4 Å². The van der Waals surface area contributed by atoms with Gasteiger partial charge < -0.3 is 14.8 Å². The van der Waals surface area contributed by atoms with Gasteiger partial charge in [-0.3, -0.25) is 4.79 Å². The van der Waals surface area contributed by atoms with Crippen LogP contribution in [0, 0.1) is 19.8 Å². The number of amides is 1. The number of nitrogens with zero attached hydrogens (tertiary/aromatic N) is 2. The second-order valence-electron chi connectivity index (χ2n) is 6.87. The van der Waals surface area contributed by atoms with Crippen LogP contribution in [0.2, 0.25) is 0 Å². The average molecular weight is 340 g/mol. The largest absolute Gasteiger partial charge is 0.361 e. The van der Waals surface area contributed by atoms with Crippen molar-refractivity contribution in [2.45, 2.75) is 46.6 Å². The van der Waals surface area contributed by atoms with E-state index in [0.717, 1.165) is 34.5 Å². The van der Waals surface area contributed by atoms with Crippen molar-refractivity contribution in [2.75, 3.05) is 0 Å². The highest BCUT2D eigenvalue weighted by atomic mass is 16.5. The highest BCUT2D eigenvalue weighted by Gasteiger charge is 2.21. The standard InChI is InChI=1S/C19H24N4O2/c1-11(2)9-17(19-21-15-7-5-6-8-16(15)22-19)20-18(24)10-14-12(3)23-25-13(14)4/h5-8,11,17H,9-10H2,1-4H3,(H,20,24)(H,21,22). The number of carbonyl (C=O) groups excluding carboxylic acids is 1. The Balaban J connectivity index is 1.79. The minimum absolute atomic E-state index is 0.0551. The van der Waals surface area contributed by atoms with Gasteiger partial charge in [0.25, 0.3) is 0 Å². The van der Waals surface area contributed by atoms with Gasteiger partial charge in [-0.15, -0.1) is 0 Å². The molecule has 1 atom stereocenters. The van der Waals surface area contributed by atoms with Gasteiger partial charge in [0.15, 0.2) is 0 Å². The number of imidazole rings is 1. The lowest BCUT2D eigenvalue weighted by molar-refractivity contribution is -0.121. The van der Waals surface area contributed by atoms with Crippen LogP contribution >= 0.6 is 0 Å². The van der Waals surface area contributed by atoms with Gasteiger partial charge in [-0.25, -0.2) is 4.98 Å². The first-order chi connectivity index (χ1) is 11.9. The van der Waals surface area contributed by atoms with E-state index in [1.807, 2.05) is 38.1 Å². The number of hydrogen-bond acceptors (Lipinski definition) is 4. The summed E-state index contributed by atoms with van der Waals surface area (Å²) in [6.07, 6.45) is 1.07. The maximum Gasteiger partial charge on any atom is 0.225 e. The molecule has 6 heteroatoms. The van der Waals surface area contributed by atoms with Crippen LogP contribution < -0.4 is 5.32 Å². The van der Waals surface area contributed by atoms with Gasteiger partial charge in [-0.05, 0) is 38.3 Å². The molecule has 2 aromatic heterocycles. The zero-order valence-electron chi connectivity index (χ0n) is 15.1. The summed E-state index contributed by atoms with van der Waals surface area (Å²) < 4.78 is 5.14. The van der Waals surface area contributed by atoms with Gasteiger partial charge in [-0.2, -0.15) is 0 Å². The lowest BCUT2D eigenvalue weighted by atomic mass is 10.0. The van der Waals surface area contributed by atoms with Crippen molar-refractivity contribution in [2.24, 2.45) is 5.92 Å². The maximum atomic E-state index is 12.6. The lowest BCUT2D eigenvalue weighted by Gasteiger charge is -2.18. The second-order valence-corrected chi connectivity index (χ2v) is 6.87. The van der Waals surface area contributed by atoms with E-state index in [9.17, 15) is 4.79 Å². The maximum absolute atomic E-state index is 12.6. The molecule has 0 radical (unpaired) electrons. The van der Waals surface area contributed by atoms with Crippen LogP contribution in [0.4, 0.5) is 0 Å². The van der Waals surface area contributed by atoms with Crippen LogP contribution in [-0.4, -0.2) is 21.0 Å². The van der Waals surface area contributed by atoms with Crippen LogP contribution in [0.1, 0.15) is 49.2 Å². The van der Waals surface area contributed by atoms with E-state index in [1.54, 1.807) is 0 Å². The number of aryl methyl sites for hydroxylation is 2. The number of rotatable bonds is 6. The molecule has 132 valence electrons. The third kappa shape index (κ3) is 3.90. The van der Waals surface area contributed by atoms with Crippen LogP contribution in [0.15, 0.2) is 28.8 Å². The zero-order chi connectivity index (χ0) is 18.0. The van der Waals surface area contributed by atoms with Gasteiger partial charge in [-0.1, -0.05) is 31.1 Å². The fraction of sp³-hybridized carbons (Fsp3) is 0.421. The normalized spacial score (nSPS) is 12.7. The van der Waals surface area contributed by atoms with E-state index in [2.05, 4.69) is 34.3 Å². The number of para-hydroxylation sites is 2. The van der Waals surface area contributed by atoms with E-state index in [-0.39, 0.29) is 18.4 Å². The predicted molar refractivity (Wildman–Crippen MR) is 96.1 cm³/mol. The van der Waals surface area contributed by atoms with Crippen molar-refractivity contribution in [1.29, 1.82) is 0 Å². The molecule has 0 saturated carbocycles. The number of fused-ring (bicyclic) bond motifs is 1. The Labute approximate surface area is 147 Å².